The Kier molecular flexibility index (Phi) is 4.26. The molecule has 88 valence electrons. The van der Waals surface area contributed by atoms with Crippen molar-refractivity contribution in [2.24, 2.45) is 5.92 Å². The van der Waals surface area contributed by atoms with Crippen molar-refractivity contribution in [3.05, 3.63) is 23.8 Å². The topological polar surface area (TPSA) is 49.7 Å². The van der Waals surface area contributed by atoms with E-state index in [1.165, 1.54) is 0 Å². The van der Waals surface area contributed by atoms with Gasteiger partial charge < -0.3 is 14.8 Å². The second-order valence-electron chi connectivity index (χ2n) is 3.88. The summed E-state index contributed by atoms with van der Waals surface area (Å²) in [5, 5.41) is 17.5. The predicted octanol–water partition coefficient (Wildman–Crippen LogP) is 0.679. The lowest BCUT2D eigenvalue weighted by atomic mass is 9.79. The smallest absolute Gasteiger partial charge is 0.493 e. The molecule has 0 saturated heterocycles. The van der Waals surface area contributed by atoms with Crippen LogP contribution >= 0.6 is 0 Å². The number of hydrogen-bond donors (Lipinski definition) is 2. The maximum Gasteiger partial charge on any atom is 0.494 e. The van der Waals surface area contributed by atoms with Crippen molar-refractivity contribution < 1.29 is 23.6 Å². The molecule has 0 aliphatic heterocycles. The van der Waals surface area contributed by atoms with Crippen LogP contribution in [0.5, 0.6) is 5.75 Å². The number of benzene rings is 1. The highest BCUT2D eigenvalue weighted by molar-refractivity contribution is 6.58. The van der Waals surface area contributed by atoms with Crippen LogP contribution in [0.1, 0.15) is 13.8 Å². The summed E-state index contributed by atoms with van der Waals surface area (Å²) in [6.45, 7) is 4.14. The lowest BCUT2D eigenvalue weighted by Gasteiger charge is -2.10. The Balaban J connectivity index is 2.92. The summed E-state index contributed by atoms with van der Waals surface area (Å²) in [7, 11) is -2.17. The van der Waals surface area contributed by atoms with Gasteiger partial charge in [0, 0.05) is 12.1 Å². The summed E-state index contributed by atoms with van der Waals surface area (Å²) < 4.78 is 31.6. The van der Waals surface area contributed by atoms with E-state index in [4.69, 9.17) is 14.8 Å². The number of ether oxygens (including phenoxy) is 1. The number of hydrogen-bond acceptors (Lipinski definition) is 3. The monoisotopic (exact) mass is 230 g/mol. The van der Waals surface area contributed by atoms with Gasteiger partial charge in [-0.2, -0.15) is 0 Å². The summed E-state index contributed by atoms with van der Waals surface area (Å²) >= 11 is 0. The first-order chi connectivity index (χ1) is 7.41. The Morgan fingerprint density at radius 1 is 1.25 bits per heavy atom. The first-order valence-electron chi connectivity index (χ1n) is 4.89. The quantitative estimate of drug-likeness (QED) is 0.747. The van der Waals surface area contributed by atoms with E-state index in [-0.39, 0.29) is 11.7 Å². The van der Waals surface area contributed by atoms with Crippen molar-refractivity contribution in [3.63, 3.8) is 0 Å². The molecule has 0 amide bonds. The van der Waals surface area contributed by atoms with Gasteiger partial charge >= 0.3 is 7.12 Å². The second kappa shape index (κ2) is 5.27. The zero-order valence-electron chi connectivity index (χ0n) is 9.08. The van der Waals surface area contributed by atoms with E-state index in [2.05, 4.69) is 0 Å². The number of halogens is 2. The van der Waals surface area contributed by atoms with Crippen LogP contribution in [-0.2, 0) is 0 Å². The zero-order chi connectivity index (χ0) is 12.3. The van der Waals surface area contributed by atoms with Gasteiger partial charge in [-0.25, -0.2) is 8.78 Å². The number of rotatable bonds is 4. The van der Waals surface area contributed by atoms with Gasteiger partial charge in [0.15, 0.2) is 0 Å². The van der Waals surface area contributed by atoms with E-state index in [0.717, 1.165) is 12.1 Å². The Morgan fingerprint density at radius 2 is 1.75 bits per heavy atom. The molecule has 0 atom stereocenters. The highest BCUT2D eigenvalue weighted by atomic mass is 19.1. The van der Waals surface area contributed by atoms with Gasteiger partial charge in [0.2, 0.25) is 0 Å². The summed E-state index contributed by atoms with van der Waals surface area (Å²) in [5.41, 5.74) is -0.767. The fraction of sp³-hybridized carbons (Fsp3) is 0.400. The normalized spacial score (nSPS) is 10.7. The van der Waals surface area contributed by atoms with Gasteiger partial charge in [0.1, 0.15) is 17.4 Å². The molecule has 0 saturated carbocycles. The van der Waals surface area contributed by atoms with Crippen LogP contribution in [0.4, 0.5) is 8.78 Å². The zero-order valence-corrected chi connectivity index (χ0v) is 9.08. The Hall–Kier alpha value is -1.14. The lowest BCUT2D eigenvalue weighted by Crippen LogP contribution is -2.35. The third-order valence-corrected chi connectivity index (χ3v) is 1.89. The molecular formula is C10H13BF2O3. The van der Waals surface area contributed by atoms with Gasteiger partial charge in [0.05, 0.1) is 12.1 Å². The van der Waals surface area contributed by atoms with Crippen molar-refractivity contribution in [1.82, 2.24) is 0 Å². The van der Waals surface area contributed by atoms with Gasteiger partial charge in [-0.1, -0.05) is 13.8 Å². The molecule has 1 aromatic carbocycles. The predicted molar refractivity (Wildman–Crippen MR) is 56.5 cm³/mol. The van der Waals surface area contributed by atoms with E-state index in [0.29, 0.717) is 6.61 Å². The van der Waals surface area contributed by atoms with Gasteiger partial charge in [-0.05, 0) is 5.92 Å². The molecule has 1 rings (SSSR count). The SMILES string of the molecule is CC(C)COc1cc(F)c(B(O)O)c(F)c1. The van der Waals surface area contributed by atoms with E-state index in [1.807, 2.05) is 13.8 Å². The van der Waals surface area contributed by atoms with Crippen molar-refractivity contribution in [2.45, 2.75) is 13.8 Å². The average molecular weight is 230 g/mol. The lowest BCUT2D eigenvalue weighted by molar-refractivity contribution is 0.268. The van der Waals surface area contributed by atoms with E-state index >= 15 is 0 Å². The molecule has 6 heteroatoms. The second-order valence-corrected chi connectivity index (χ2v) is 3.88. The van der Waals surface area contributed by atoms with E-state index < -0.39 is 24.2 Å². The van der Waals surface area contributed by atoms with Gasteiger partial charge in [-0.15, -0.1) is 0 Å². The largest absolute Gasteiger partial charge is 0.494 e. The minimum atomic E-state index is -2.17. The summed E-state index contributed by atoms with van der Waals surface area (Å²) in [4.78, 5) is 0. The van der Waals surface area contributed by atoms with Crippen LogP contribution in [-0.4, -0.2) is 23.8 Å². The summed E-state index contributed by atoms with van der Waals surface area (Å²) in [6, 6.07) is 1.86. The third kappa shape index (κ3) is 3.18. The Morgan fingerprint density at radius 3 is 2.12 bits per heavy atom. The highest BCUT2D eigenvalue weighted by Crippen LogP contribution is 2.15. The highest BCUT2D eigenvalue weighted by Gasteiger charge is 2.22. The van der Waals surface area contributed by atoms with Crippen LogP contribution in [0.3, 0.4) is 0 Å². The molecule has 0 radical (unpaired) electrons. The third-order valence-electron chi connectivity index (χ3n) is 1.89. The molecule has 0 heterocycles. The van der Waals surface area contributed by atoms with E-state index in [1.54, 1.807) is 0 Å². The molecule has 0 bridgehead atoms. The van der Waals surface area contributed by atoms with E-state index in [9.17, 15) is 8.78 Å². The van der Waals surface area contributed by atoms with Crippen molar-refractivity contribution in [1.29, 1.82) is 0 Å². The molecule has 0 aliphatic rings. The first kappa shape index (κ1) is 12.9. The van der Waals surface area contributed by atoms with Gasteiger partial charge in [-0.3, -0.25) is 0 Å². The Labute approximate surface area is 92.8 Å². The maximum absolute atomic E-state index is 13.2. The molecule has 0 aromatic heterocycles. The van der Waals surface area contributed by atoms with Crippen molar-refractivity contribution in [3.8, 4) is 5.75 Å². The maximum atomic E-state index is 13.2. The van der Waals surface area contributed by atoms with Crippen LogP contribution in [0.25, 0.3) is 0 Å². The standard InChI is InChI=1S/C10H13BF2O3/c1-6(2)5-16-7-3-8(12)10(11(14)15)9(13)4-7/h3-4,6,14-15H,5H2,1-2H3. The van der Waals surface area contributed by atoms with Crippen LogP contribution in [0.2, 0.25) is 0 Å². The summed E-state index contributed by atoms with van der Waals surface area (Å²) in [6.07, 6.45) is 0. The van der Waals surface area contributed by atoms with Crippen molar-refractivity contribution >= 4 is 12.6 Å². The minimum absolute atomic E-state index is 0.0353. The molecule has 3 nitrogen and oxygen atoms in total. The van der Waals surface area contributed by atoms with Crippen molar-refractivity contribution in [2.75, 3.05) is 6.61 Å². The van der Waals surface area contributed by atoms with Crippen LogP contribution in [0.15, 0.2) is 12.1 Å². The van der Waals surface area contributed by atoms with Crippen LogP contribution < -0.4 is 10.2 Å². The average Bonchev–Trinajstić information content (AvgIpc) is 2.12. The Bertz CT molecular complexity index is 346. The van der Waals surface area contributed by atoms with Gasteiger partial charge in [0.25, 0.3) is 0 Å². The molecular weight excluding hydrogens is 217 g/mol. The van der Waals surface area contributed by atoms with Crippen LogP contribution in [0, 0.1) is 17.6 Å². The molecule has 0 unspecified atom stereocenters. The molecule has 16 heavy (non-hydrogen) atoms. The molecule has 2 N–H and O–H groups in total. The first-order valence-corrected chi connectivity index (χ1v) is 4.89. The fourth-order valence-corrected chi connectivity index (χ4v) is 1.15. The molecule has 1 aromatic rings. The fourth-order valence-electron chi connectivity index (χ4n) is 1.15. The molecule has 0 spiro atoms. The molecule has 0 aliphatic carbocycles. The summed E-state index contributed by atoms with van der Waals surface area (Å²) in [5.74, 6) is -1.80. The minimum Gasteiger partial charge on any atom is -0.493 e. The molecule has 0 fully saturated rings.